The van der Waals surface area contributed by atoms with Gasteiger partial charge in [-0.3, -0.25) is 0 Å². The summed E-state index contributed by atoms with van der Waals surface area (Å²) < 4.78 is 2.17. The van der Waals surface area contributed by atoms with Crippen molar-refractivity contribution in [3.63, 3.8) is 0 Å². The number of hydrogen-bond donors (Lipinski definition) is 1. The quantitative estimate of drug-likeness (QED) is 0.825. The van der Waals surface area contributed by atoms with E-state index in [1.165, 1.54) is 32.1 Å². The summed E-state index contributed by atoms with van der Waals surface area (Å²) in [6.07, 6.45) is 10.5. The molecule has 3 heteroatoms. The lowest BCUT2D eigenvalue weighted by Gasteiger charge is -2.35. The van der Waals surface area contributed by atoms with Gasteiger partial charge in [-0.25, -0.2) is 4.98 Å². The summed E-state index contributed by atoms with van der Waals surface area (Å²) in [7, 11) is 0. The third-order valence-electron chi connectivity index (χ3n) is 3.43. The van der Waals surface area contributed by atoms with E-state index in [0.717, 1.165) is 12.5 Å². The summed E-state index contributed by atoms with van der Waals surface area (Å²) in [5.41, 5.74) is 0.260. The van der Waals surface area contributed by atoms with Gasteiger partial charge in [-0.1, -0.05) is 19.3 Å². The molecule has 1 heterocycles. The second kappa shape index (κ2) is 4.25. The molecule has 1 aromatic rings. The minimum atomic E-state index is 0.260. The molecule has 0 bridgehead atoms. The zero-order valence-corrected chi connectivity index (χ0v) is 9.79. The van der Waals surface area contributed by atoms with Gasteiger partial charge >= 0.3 is 0 Å². The second-order valence-corrected chi connectivity index (χ2v) is 4.78. The lowest BCUT2D eigenvalue weighted by atomic mass is 9.83. The van der Waals surface area contributed by atoms with E-state index in [4.69, 9.17) is 0 Å². The van der Waals surface area contributed by atoms with Crippen molar-refractivity contribution in [3.05, 3.63) is 12.4 Å². The Morgan fingerprint density at radius 1 is 1.40 bits per heavy atom. The smallest absolute Gasteiger partial charge is 0.203 e. The van der Waals surface area contributed by atoms with Gasteiger partial charge in [0.2, 0.25) is 5.95 Å². The lowest BCUT2D eigenvalue weighted by Crippen LogP contribution is -2.37. The van der Waals surface area contributed by atoms with Gasteiger partial charge in [0.05, 0.1) is 0 Å². The van der Waals surface area contributed by atoms with Crippen molar-refractivity contribution in [1.82, 2.24) is 9.55 Å². The summed E-state index contributed by atoms with van der Waals surface area (Å²) in [6.45, 7) is 5.45. The molecule has 3 nitrogen and oxygen atoms in total. The van der Waals surface area contributed by atoms with E-state index in [1.54, 1.807) is 0 Å². The number of nitrogens with one attached hydrogen (secondary N) is 1. The number of aryl methyl sites for hydroxylation is 1. The molecule has 2 rings (SSSR count). The van der Waals surface area contributed by atoms with E-state index in [2.05, 4.69) is 28.7 Å². The number of imidazole rings is 1. The molecule has 0 atom stereocenters. The highest BCUT2D eigenvalue weighted by molar-refractivity contribution is 5.30. The van der Waals surface area contributed by atoms with Crippen molar-refractivity contribution < 1.29 is 0 Å². The summed E-state index contributed by atoms with van der Waals surface area (Å²) in [4.78, 5) is 4.38. The zero-order valence-electron chi connectivity index (χ0n) is 9.79. The van der Waals surface area contributed by atoms with Crippen molar-refractivity contribution in [1.29, 1.82) is 0 Å². The molecule has 0 saturated heterocycles. The molecular formula is C12H21N3. The largest absolute Gasteiger partial charge is 0.351 e. The van der Waals surface area contributed by atoms with E-state index in [1.807, 2.05) is 12.4 Å². The van der Waals surface area contributed by atoms with Crippen LogP contribution in [0.25, 0.3) is 0 Å². The maximum atomic E-state index is 4.38. The van der Waals surface area contributed by atoms with Crippen LogP contribution in [-0.4, -0.2) is 15.1 Å². The summed E-state index contributed by atoms with van der Waals surface area (Å²) >= 11 is 0. The van der Waals surface area contributed by atoms with Crippen LogP contribution in [0.2, 0.25) is 0 Å². The fourth-order valence-electron chi connectivity index (χ4n) is 2.42. The first-order valence-corrected chi connectivity index (χ1v) is 6.03. The number of aromatic nitrogens is 2. The van der Waals surface area contributed by atoms with Gasteiger partial charge in [0.15, 0.2) is 0 Å². The molecule has 1 aromatic heterocycles. The average Bonchev–Trinajstić information content (AvgIpc) is 2.65. The maximum absolute atomic E-state index is 4.38. The molecule has 1 fully saturated rings. The van der Waals surface area contributed by atoms with E-state index < -0.39 is 0 Å². The average molecular weight is 207 g/mol. The predicted molar refractivity (Wildman–Crippen MR) is 63.0 cm³/mol. The first-order valence-electron chi connectivity index (χ1n) is 6.03. The van der Waals surface area contributed by atoms with E-state index in [0.29, 0.717) is 0 Å². The van der Waals surface area contributed by atoms with Crippen LogP contribution in [0.3, 0.4) is 0 Å². The number of anilines is 1. The van der Waals surface area contributed by atoms with Crippen molar-refractivity contribution in [2.75, 3.05) is 5.32 Å². The summed E-state index contributed by atoms with van der Waals surface area (Å²) in [5.74, 6) is 1.03. The maximum Gasteiger partial charge on any atom is 0.203 e. The molecule has 1 aliphatic carbocycles. The van der Waals surface area contributed by atoms with Gasteiger partial charge in [0, 0.05) is 24.5 Å². The van der Waals surface area contributed by atoms with Crippen molar-refractivity contribution in [2.45, 2.75) is 58.0 Å². The highest BCUT2D eigenvalue weighted by atomic mass is 15.2. The Balaban J connectivity index is 2.06. The first-order chi connectivity index (χ1) is 7.23. The molecule has 1 N–H and O–H groups in total. The molecule has 0 unspecified atom stereocenters. The van der Waals surface area contributed by atoms with Crippen LogP contribution >= 0.6 is 0 Å². The van der Waals surface area contributed by atoms with Crippen LogP contribution in [0, 0.1) is 0 Å². The predicted octanol–water partition coefficient (Wildman–Crippen LogP) is 3.04. The van der Waals surface area contributed by atoms with Gasteiger partial charge in [-0.15, -0.1) is 0 Å². The molecule has 0 aliphatic heterocycles. The van der Waals surface area contributed by atoms with Crippen molar-refractivity contribution in [3.8, 4) is 0 Å². The topological polar surface area (TPSA) is 29.9 Å². The van der Waals surface area contributed by atoms with E-state index in [9.17, 15) is 0 Å². The number of hydrogen-bond acceptors (Lipinski definition) is 2. The fourth-order valence-corrected chi connectivity index (χ4v) is 2.42. The van der Waals surface area contributed by atoms with Gasteiger partial charge in [0.1, 0.15) is 0 Å². The molecular weight excluding hydrogens is 186 g/mol. The number of nitrogens with zero attached hydrogens (tertiary/aromatic N) is 2. The molecule has 0 radical (unpaired) electrons. The molecule has 0 aromatic carbocycles. The third kappa shape index (κ3) is 2.33. The van der Waals surface area contributed by atoms with Gasteiger partial charge in [0.25, 0.3) is 0 Å². The highest BCUT2D eigenvalue weighted by Crippen LogP contribution is 2.30. The fraction of sp³-hybridized carbons (Fsp3) is 0.750. The Bertz CT molecular complexity index is 310. The normalized spacial score (nSPS) is 20.1. The summed E-state index contributed by atoms with van der Waals surface area (Å²) in [5, 5.41) is 3.61. The van der Waals surface area contributed by atoms with Crippen LogP contribution in [0.1, 0.15) is 46.0 Å². The second-order valence-electron chi connectivity index (χ2n) is 4.78. The SMILES string of the molecule is CCn1ccnc1NC1(C)CCCCC1. The van der Waals surface area contributed by atoms with Crippen LogP contribution < -0.4 is 5.32 Å². The van der Waals surface area contributed by atoms with Crippen LogP contribution in [-0.2, 0) is 6.54 Å². The molecule has 1 aliphatic rings. The number of rotatable bonds is 3. The monoisotopic (exact) mass is 207 g/mol. The van der Waals surface area contributed by atoms with Gasteiger partial charge < -0.3 is 9.88 Å². The zero-order chi connectivity index (χ0) is 10.7. The molecule has 0 amide bonds. The Morgan fingerprint density at radius 2 is 2.13 bits per heavy atom. The van der Waals surface area contributed by atoms with Gasteiger partial charge in [-0.05, 0) is 26.7 Å². The van der Waals surface area contributed by atoms with Gasteiger partial charge in [-0.2, -0.15) is 0 Å². The Hall–Kier alpha value is -0.990. The third-order valence-corrected chi connectivity index (χ3v) is 3.43. The minimum absolute atomic E-state index is 0.260. The highest BCUT2D eigenvalue weighted by Gasteiger charge is 2.27. The van der Waals surface area contributed by atoms with Crippen molar-refractivity contribution in [2.24, 2.45) is 0 Å². The Morgan fingerprint density at radius 3 is 2.80 bits per heavy atom. The molecule has 84 valence electrons. The van der Waals surface area contributed by atoms with Crippen molar-refractivity contribution >= 4 is 5.95 Å². The lowest BCUT2D eigenvalue weighted by molar-refractivity contribution is 0.346. The molecule has 15 heavy (non-hydrogen) atoms. The summed E-state index contributed by atoms with van der Waals surface area (Å²) in [6, 6.07) is 0. The first kappa shape index (κ1) is 10.5. The molecule has 1 saturated carbocycles. The Labute approximate surface area is 91.9 Å². The molecule has 0 spiro atoms. The minimum Gasteiger partial charge on any atom is -0.351 e. The van der Waals surface area contributed by atoms with Crippen LogP contribution in [0.5, 0.6) is 0 Å². The standard InChI is InChI=1S/C12H21N3/c1-3-15-10-9-13-11(15)14-12(2)7-5-4-6-8-12/h9-10H,3-8H2,1-2H3,(H,13,14). The van der Waals surface area contributed by atoms with E-state index >= 15 is 0 Å². The van der Waals surface area contributed by atoms with Crippen LogP contribution in [0.4, 0.5) is 5.95 Å². The Kier molecular flexibility index (Phi) is 2.98. The van der Waals surface area contributed by atoms with E-state index in [-0.39, 0.29) is 5.54 Å². The van der Waals surface area contributed by atoms with Crippen LogP contribution in [0.15, 0.2) is 12.4 Å².